The number of thiocarbonyl (C=S) groups is 1. The number of halogens is 2. The number of benzene rings is 1. The number of hydrogen-bond donors (Lipinski definition) is 2. The van der Waals surface area contributed by atoms with E-state index in [0.29, 0.717) is 4.47 Å². The molecule has 80 valence electrons. The van der Waals surface area contributed by atoms with E-state index in [1.165, 1.54) is 18.2 Å². The molecular weight excluding hydrogens is 283 g/mol. The number of nitrogens with two attached hydrogens (primary N) is 1. The first-order valence-corrected chi connectivity index (χ1v) is 5.22. The minimum atomic E-state index is -0.585. The summed E-state index contributed by atoms with van der Waals surface area (Å²) in [5.74, 6) is -1.12. The normalized spacial score (nSPS) is 9.73. The fourth-order valence-corrected chi connectivity index (χ4v) is 1.37. The molecule has 15 heavy (non-hydrogen) atoms. The Kier molecular flexibility index (Phi) is 4.16. The van der Waals surface area contributed by atoms with Crippen molar-refractivity contribution in [2.45, 2.75) is 0 Å². The van der Waals surface area contributed by atoms with Gasteiger partial charge in [0.05, 0.1) is 17.1 Å². The summed E-state index contributed by atoms with van der Waals surface area (Å²) in [5, 5.41) is 2.40. The Morgan fingerprint density at radius 3 is 2.87 bits per heavy atom. The molecule has 0 saturated heterocycles. The van der Waals surface area contributed by atoms with Crippen molar-refractivity contribution >= 4 is 39.0 Å². The van der Waals surface area contributed by atoms with Crippen molar-refractivity contribution in [3.8, 4) is 0 Å². The Morgan fingerprint density at radius 1 is 1.60 bits per heavy atom. The van der Waals surface area contributed by atoms with Crippen LogP contribution in [0.3, 0.4) is 0 Å². The summed E-state index contributed by atoms with van der Waals surface area (Å²) >= 11 is 7.73. The predicted octanol–water partition coefficient (Wildman–Crippen LogP) is 1.60. The Balaban J connectivity index is 2.81. The van der Waals surface area contributed by atoms with E-state index in [2.05, 4.69) is 33.5 Å². The standard InChI is InChI=1S/C9H8BrFN2OS/c10-5-1-2-7(11)6(3-5)9(14)13-4-8(12)15/h1-3H,4H2,(H2,12,15)(H,13,14). The van der Waals surface area contributed by atoms with Gasteiger partial charge in [-0.2, -0.15) is 0 Å². The fraction of sp³-hybridized carbons (Fsp3) is 0.111. The molecule has 1 rings (SSSR count). The quantitative estimate of drug-likeness (QED) is 0.832. The lowest BCUT2D eigenvalue weighted by atomic mass is 10.2. The lowest BCUT2D eigenvalue weighted by molar-refractivity contribution is 0.0955. The maximum atomic E-state index is 13.2. The van der Waals surface area contributed by atoms with E-state index in [4.69, 9.17) is 5.73 Å². The van der Waals surface area contributed by atoms with Gasteiger partial charge in [-0.1, -0.05) is 28.1 Å². The van der Waals surface area contributed by atoms with Gasteiger partial charge in [0, 0.05) is 4.47 Å². The third-order valence-electron chi connectivity index (χ3n) is 1.60. The Morgan fingerprint density at radius 2 is 2.27 bits per heavy atom. The molecule has 0 unspecified atom stereocenters. The summed E-state index contributed by atoms with van der Waals surface area (Å²) in [7, 11) is 0. The summed E-state index contributed by atoms with van der Waals surface area (Å²) in [6.07, 6.45) is 0. The van der Waals surface area contributed by atoms with Gasteiger partial charge in [0.15, 0.2) is 0 Å². The van der Waals surface area contributed by atoms with Crippen molar-refractivity contribution in [2.75, 3.05) is 6.54 Å². The molecule has 0 aromatic heterocycles. The number of hydrogen-bond acceptors (Lipinski definition) is 2. The van der Waals surface area contributed by atoms with Crippen molar-refractivity contribution in [1.82, 2.24) is 5.32 Å². The highest BCUT2D eigenvalue weighted by Gasteiger charge is 2.11. The lowest BCUT2D eigenvalue weighted by Crippen LogP contribution is -2.32. The summed E-state index contributed by atoms with van der Waals surface area (Å²) in [6.45, 7) is 0.0557. The van der Waals surface area contributed by atoms with Crippen LogP contribution in [0.2, 0.25) is 0 Å². The maximum Gasteiger partial charge on any atom is 0.254 e. The Labute approximate surface area is 100.0 Å². The number of rotatable bonds is 3. The highest BCUT2D eigenvalue weighted by atomic mass is 79.9. The van der Waals surface area contributed by atoms with Gasteiger partial charge in [-0.05, 0) is 18.2 Å². The van der Waals surface area contributed by atoms with Crippen LogP contribution in [0.1, 0.15) is 10.4 Å². The van der Waals surface area contributed by atoms with E-state index in [-0.39, 0.29) is 17.1 Å². The van der Waals surface area contributed by atoms with Crippen LogP contribution in [-0.2, 0) is 0 Å². The van der Waals surface area contributed by atoms with Crippen molar-refractivity contribution in [2.24, 2.45) is 5.73 Å². The summed E-state index contributed by atoms with van der Waals surface area (Å²) in [6, 6.07) is 4.11. The highest BCUT2D eigenvalue weighted by Crippen LogP contribution is 2.15. The largest absolute Gasteiger partial charge is 0.392 e. The molecule has 0 fully saturated rings. The zero-order valence-electron chi connectivity index (χ0n) is 7.59. The second kappa shape index (κ2) is 5.18. The van der Waals surface area contributed by atoms with E-state index >= 15 is 0 Å². The maximum absolute atomic E-state index is 13.2. The minimum Gasteiger partial charge on any atom is -0.392 e. The van der Waals surface area contributed by atoms with Crippen LogP contribution in [0.4, 0.5) is 4.39 Å². The van der Waals surface area contributed by atoms with Crippen LogP contribution in [0.15, 0.2) is 22.7 Å². The van der Waals surface area contributed by atoms with Gasteiger partial charge < -0.3 is 11.1 Å². The summed E-state index contributed by atoms with van der Waals surface area (Å²) in [5.41, 5.74) is 5.16. The summed E-state index contributed by atoms with van der Waals surface area (Å²) in [4.78, 5) is 11.6. The minimum absolute atomic E-state index is 0.0411. The first-order chi connectivity index (χ1) is 7.00. The zero-order valence-corrected chi connectivity index (χ0v) is 9.99. The molecule has 0 aliphatic heterocycles. The Hall–Kier alpha value is -1.01. The van der Waals surface area contributed by atoms with Crippen molar-refractivity contribution < 1.29 is 9.18 Å². The van der Waals surface area contributed by atoms with Crippen LogP contribution >= 0.6 is 28.1 Å². The van der Waals surface area contributed by atoms with Crippen molar-refractivity contribution in [1.29, 1.82) is 0 Å². The number of carbonyl (C=O) groups is 1. The topological polar surface area (TPSA) is 55.1 Å². The average Bonchev–Trinajstić information content (AvgIpc) is 2.18. The SMILES string of the molecule is NC(=S)CNC(=O)c1cc(Br)ccc1F. The molecule has 3 nitrogen and oxygen atoms in total. The van der Waals surface area contributed by atoms with E-state index in [1.807, 2.05) is 0 Å². The Bertz CT molecular complexity index is 411. The van der Waals surface area contributed by atoms with E-state index < -0.39 is 11.7 Å². The van der Waals surface area contributed by atoms with Crippen molar-refractivity contribution in [3.63, 3.8) is 0 Å². The van der Waals surface area contributed by atoms with Crippen LogP contribution in [0.5, 0.6) is 0 Å². The van der Waals surface area contributed by atoms with Gasteiger partial charge in [0.25, 0.3) is 5.91 Å². The smallest absolute Gasteiger partial charge is 0.254 e. The number of carbonyl (C=O) groups excluding carboxylic acids is 1. The molecule has 0 heterocycles. The first kappa shape index (κ1) is 12.1. The summed E-state index contributed by atoms with van der Waals surface area (Å²) < 4.78 is 13.8. The monoisotopic (exact) mass is 290 g/mol. The zero-order chi connectivity index (χ0) is 11.4. The van der Waals surface area contributed by atoms with Crippen LogP contribution < -0.4 is 11.1 Å². The molecule has 0 saturated carbocycles. The molecule has 6 heteroatoms. The van der Waals surface area contributed by atoms with Crippen LogP contribution in [0, 0.1) is 5.82 Å². The van der Waals surface area contributed by atoms with Crippen molar-refractivity contribution in [3.05, 3.63) is 34.1 Å². The second-order valence-electron chi connectivity index (χ2n) is 2.77. The van der Waals surface area contributed by atoms with Crippen LogP contribution in [-0.4, -0.2) is 17.4 Å². The molecule has 0 bridgehead atoms. The van der Waals surface area contributed by atoms with Gasteiger partial charge in [0.2, 0.25) is 0 Å². The van der Waals surface area contributed by atoms with E-state index in [9.17, 15) is 9.18 Å². The molecule has 1 aromatic rings. The van der Waals surface area contributed by atoms with Gasteiger partial charge in [0.1, 0.15) is 5.82 Å². The van der Waals surface area contributed by atoms with Crippen LogP contribution in [0.25, 0.3) is 0 Å². The molecule has 0 radical (unpaired) electrons. The number of amides is 1. The molecule has 3 N–H and O–H groups in total. The molecule has 1 aromatic carbocycles. The average molecular weight is 291 g/mol. The fourth-order valence-electron chi connectivity index (χ4n) is 0.934. The lowest BCUT2D eigenvalue weighted by Gasteiger charge is -2.05. The number of nitrogens with one attached hydrogen (secondary N) is 1. The second-order valence-corrected chi connectivity index (χ2v) is 4.21. The first-order valence-electron chi connectivity index (χ1n) is 4.02. The van der Waals surface area contributed by atoms with Gasteiger partial charge in [-0.15, -0.1) is 0 Å². The third-order valence-corrected chi connectivity index (χ3v) is 2.23. The molecule has 1 amide bonds. The highest BCUT2D eigenvalue weighted by molar-refractivity contribution is 9.10. The third kappa shape index (κ3) is 3.56. The van der Waals surface area contributed by atoms with Gasteiger partial charge in [-0.25, -0.2) is 4.39 Å². The van der Waals surface area contributed by atoms with E-state index in [1.54, 1.807) is 0 Å². The molecule has 0 atom stereocenters. The molecule has 0 aliphatic rings. The molecule has 0 spiro atoms. The van der Waals surface area contributed by atoms with Gasteiger partial charge in [-0.3, -0.25) is 4.79 Å². The predicted molar refractivity (Wildman–Crippen MR) is 63.2 cm³/mol. The molecular formula is C9H8BrFN2OS. The van der Waals surface area contributed by atoms with Gasteiger partial charge >= 0.3 is 0 Å². The molecule has 0 aliphatic carbocycles. The van der Waals surface area contributed by atoms with E-state index in [0.717, 1.165) is 0 Å².